The van der Waals surface area contributed by atoms with Crippen LogP contribution < -0.4 is 25.4 Å². The van der Waals surface area contributed by atoms with E-state index in [1.54, 1.807) is 11.3 Å². The van der Waals surface area contributed by atoms with Gasteiger partial charge in [-0.2, -0.15) is 0 Å². The molecule has 0 fully saturated rings. The Morgan fingerprint density at radius 3 is 1.98 bits per heavy atom. The number of fused-ring (bicyclic) bond motifs is 3. The standard InChI is InChI=1S/C20H26N4O2.C19H23N3O2S.C2H6/c25-20-6-4-15-3-5-16(13-18(15)23-20)26-12-2-1-10-24-11-7-17-19(14-24)22-9-8-21-17;23-19-6-4-14-3-5-15(11-17(14)21-19)24-10-2-1-8-22-9-7-16-18(12-22)25-13-20-16;1-2/h3,5,9,13,21H,1-2,4,6-8,10-12,14H2,(H,23,25);3,5,11,13H,1-2,4,6-10,12H2,(H,21,23);1-2H3. The average molecular weight is 742 g/mol. The van der Waals surface area contributed by atoms with Gasteiger partial charge in [0.25, 0.3) is 0 Å². The molecule has 5 aliphatic rings. The molecule has 5 aliphatic heterocycles. The number of nitrogens with zero attached hydrogens (tertiary/aromatic N) is 4. The number of thiazole rings is 1. The Kier molecular flexibility index (Phi) is 14.3. The van der Waals surface area contributed by atoms with E-state index >= 15 is 0 Å². The van der Waals surface area contributed by atoms with Gasteiger partial charge in [-0.1, -0.05) is 26.0 Å². The average Bonchev–Trinajstić information content (AvgIpc) is 3.66. The largest absolute Gasteiger partial charge is 0.494 e. The minimum absolute atomic E-state index is 0.0898. The van der Waals surface area contributed by atoms with Gasteiger partial charge in [-0.15, -0.1) is 11.3 Å². The third kappa shape index (κ3) is 11.1. The lowest BCUT2D eigenvalue weighted by Crippen LogP contribution is -2.37. The van der Waals surface area contributed by atoms with Gasteiger partial charge in [-0.05, 0) is 74.9 Å². The SMILES string of the molecule is CC.O=C1CCc2ccc(OCCCCN3CCC4=C(C3)N=CCN4)cc2N1.O=C1CCc2ccc(OCCCCN3CCc4ncsc4C3)cc2N1. The van der Waals surface area contributed by atoms with E-state index in [-0.39, 0.29) is 11.8 Å². The quantitative estimate of drug-likeness (QED) is 0.178. The first-order chi connectivity index (χ1) is 26.1. The summed E-state index contributed by atoms with van der Waals surface area (Å²) in [5, 5.41) is 9.26. The second-order valence-electron chi connectivity index (χ2n) is 13.7. The number of carbonyl (C=O) groups is 2. The van der Waals surface area contributed by atoms with Crippen molar-refractivity contribution in [2.75, 3.05) is 63.1 Å². The molecule has 1 aromatic heterocycles. The van der Waals surface area contributed by atoms with E-state index in [0.717, 1.165) is 120 Å². The van der Waals surface area contributed by atoms with Crippen LogP contribution >= 0.6 is 11.3 Å². The zero-order valence-electron chi connectivity index (χ0n) is 31.4. The Morgan fingerprint density at radius 1 is 0.736 bits per heavy atom. The van der Waals surface area contributed by atoms with Crippen molar-refractivity contribution in [2.45, 2.75) is 84.6 Å². The van der Waals surface area contributed by atoms with E-state index in [4.69, 9.17) is 9.47 Å². The molecule has 2 aromatic carbocycles. The zero-order chi connectivity index (χ0) is 36.8. The number of benzene rings is 2. The molecule has 53 heavy (non-hydrogen) atoms. The molecule has 0 spiro atoms. The van der Waals surface area contributed by atoms with Gasteiger partial charge < -0.3 is 25.4 Å². The molecule has 0 bridgehead atoms. The van der Waals surface area contributed by atoms with Gasteiger partial charge in [-0.3, -0.25) is 24.4 Å². The van der Waals surface area contributed by atoms with Crippen molar-refractivity contribution in [3.8, 4) is 11.5 Å². The van der Waals surface area contributed by atoms with Crippen LogP contribution in [0.3, 0.4) is 0 Å². The number of aryl methyl sites for hydroxylation is 2. The summed E-state index contributed by atoms with van der Waals surface area (Å²) in [6, 6.07) is 12.0. The first-order valence-corrected chi connectivity index (χ1v) is 20.4. The van der Waals surface area contributed by atoms with Crippen molar-refractivity contribution in [1.82, 2.24) is 20.1 Å². The van der Waals surface area contributed by atoms with Gasteiger partial charge >= 0.3 is 0 Å². The molecular weight excluding hydrogens is 687 g/mol. The van der Waals surface area contributed by atoms with Gasteiger partial charge in [-0.25, -0.2) is 4.98 Å². The molecule has 0 aliphatic carbocycles. The molecular formula is C41H55N7O4S. The predicted octanol–water partition coefficient (Wildman–Crippen LogP) is 6.59. The highest BCUT2D eigenvalue weighted by Crippen LogP contribution is 2.29. The van der Waals surface area contributed by atoms with E-state index in [1.165, 1.54) is 33.1 Å². The highest BCUT2D eigenvalue weighted by Gasteiger charge is 2.21. The summed E-state index contributed by atoms with van der Waals surface area (Å²) in [5.74, 6) is 1.86. The molecule has 284 valence electrons. The minimum Gasteiger partial charge on any atom is -0.494 e. The number of aromatic nitrogens is 1. The fourth-order valence-electron chi connectivity index (χ4n) is 7.12. The van der Waals surface area contributed by atoms with Gasteiger partial charge in [0, 0.05) is 92.2 Å². The number of aliphatic imine (C=N–C) groups is 1. The van der Waals surface area contributed by atoms with E-state index in [1.807, 2.05) is 49.8 Å². The normalized spacial score (nSPS) is 17.6. The maximum atomic E-state index is 11.5. The van der Waals surface area contributed by atoms with Crippen LogP contribution in [0.4, 0.5) is 11.4 Å². The summed E-state index contributed by atoms with van der Waals surface area (Å²) in [4.78, 5) is 38.3. The molecule has 0 saturated carbocycles. The number of rotatable bonds is 12. The highest BCUT2D eigenvalue weighted by molar-refractivity contribution is 7.09. The number of carbonyl (C=O) groups excluding carboxylic acids is 2. The Labute approximate surface area is 318 Å². The molecule has 0 saturated heterocycles. The van der Waals surface area contributed by atoms with E-state index in [0.29, 0.717) is 26.1 Å². The maximum absolute atomic E-state index is 11.5. The molecule has 3 aromatic rings. The Morgan fingerprint density at radius 2 is 1.34 bits per heavy atom. The molecule has 0 radical (unpaired) electrons. The molecule has 3 N–H and O–H groups in total. The molecule has 0 atom stereocenters. The number of amides is 2. The summed E-state index contributed by atoms with van der Waals surface area (Å²) in [6.07, 6.45) is 11.2. The summed E-state index contributed by atoms with van der Waals surface area (Å²) in [6.45, 7) is 12.7. The summed E-state index contributed by atoms with van der Waals surface area (Å²) in [5.41, 5.74) is 9.98. The smallest absolute Gasteiger partial charge is 0.224 e. The van der Waals surface area contributed by atoms with Crippen LogP contribution in [-0.4, -0.2) is 85.3 Å². The van der Waals surface area contributed by atoms with Crippen LogP contribution in [0.15, 0.2) is 58.3 Å². The molecule has 8 rings (SSSR count). The van der Waals surface area contributed by atoms with Crippen molar-refractivity contribution >= 4 is 40.7 Å². The molecule has 11 nitrogen and oxygen atoms in total. The first-order valence-electron chi connectivity index (χ1n) is 19.5. The molecule has 2 amide bonds. The fourth-order valence-corrected chi connectivity index (χ4v) is 7.98. The number of hydrogen-bond acceptors (Lipinski definition) is 10. The van der Waals surface area contributed by atoms with E-state index in [9.17, 15) is 9.59 Å². The van der Waals surface area contributed by atoms with Gasteiger partial charge in [0.1, 0.15) is 11.5 Å². The van der Waals surface area contributed by atoms with Crippen molar-refractivity contribution in [1.29, 1.82) is 0 Å². The summed E-state index contributed by atoms with van der Waals surface area (Å²) in [7, 11) is 0. The van der Waals surface area contributed by atoms with Crippen molar-refractivity contribution in [2.24, 2.45) is 4.99 Å². The third-order valence-corrected chi connectivity index (χ3v) is 10.9. The lowest BCUT2D eigenvalue weighted by atomic mass is 10.0. The van der Waals surface area contributed by atoms with E-state index < -0.39 is 0 Å². The Bertz CT molecular complexity index is 1760. The van der Waals surface area contributed by atoms with Crippen molar-refractivity contribution in [3.05, 3.63) is 75.0 Å². The van der Waals surface area contributed by atoms with Crippen LogP contribution in [0.1, 0.15) is 80.5 Å². The van der Waals surface area contributed by atoms with Gasteiger partial charge in [0.2, 0.25) is 11.8 Å². The Hall–Kier alpha value is -4.26. The van der Waals surface area contributed by atoms with E-state index in [2.05, 4.69) is 47.9 Å². The predicted molar refractivity (Wildman–Crippen MR) is 213 cm³/mol. The van der Waals surface area contributed by atoms with Crippen molar-refractivity contribution < 1.29 is 19.1 Å². The monoisotopic (exact) mass is 741 g/mol. The fraction of sp³-hybridized carbons (Fsp3) is 0.512. The molecule has 12 heteroatoms. The van der Waals surface area contributed by atoms with Crippen LogP contribution in [0.25, 0.3) is 0 Å². The van der Waals surface area contributed by atoms with Crippen LogP contribution in [0.2, 0.25) is 0 Å². The van der Waals surface area contributed by atoms with Crippen molar-refractivity contribution in [3.63, 3.8) is 0 Å². The van der Waals surface area contributed by atoms with Gasteiger partial charge in [0.05, 0.1) is 36.7 Å². The van der Waals surface area contributed by atoms with Crippen LogP contribution in [0.5, 0.6) is 11.5 Å². The number of hydrogen-bond donors (Lipinski definition) is 3. The lowest BCUT2D eigenvalue weighted by molar-refractivity contribution is -0.117. The number of ether oxygens (including phenoxy) is 2. The minimum atomic E-state index is 0.0898. The molecule has 6 heterocycles. The van der Waals surface area contributed by atoms with Gasteiger partial charge in [0.15, 0.2) is 0 Å². The maximum Gasteiger partial charge on any atom is 0.224 e. The first kappa shape index (κ1) is 38.5. The number of nitrogens with one attached hydrogen (secondary N) is 3. The third-order valence-electron chi connectivity index (χ3n) is 10.0. The second-order valence-corrected chi connectivity index (χ2v) is 14.7. The summed E-state index contributed by atoms with van der Waals surface area (Å²) < 4.78 is 11.7. The highest BCUT2D eigenvalue weighted by atomic mass is 32.1. The molecule has 0 unspecified atom stereocenters. The summed E-state index contributed by atoms with van der Waals surface area (Å²) >= 11 is 1.77. The lowest BCUT2D eigenvalue weighted by Gasteiger charge is -2.30. The number of unbranched alkanes of at least 4 members (excludes halogenated alkanes) is 2. The topological polar surface area (TPSA) is 120 Å². The van der Waals surface area contributed by atoms with Crippen LogP contribution in [-0.2, 0) is 35.4 Å². The second kappa shape index (κ2) is 19.7. The zero-order valence-corrected chi connectivity index (χ0v) is 32.2. The van der Waals surface area contributed by atoms with Crippen LogP contribution in [0, 0.1) is 0 Å². The Balaban J connectivity index is 0.000000173. The number of anilines is 2.